The summed E-state index contributed by atoms with van der Waals surface area (Å²) in [6.07, 6.45) is 2.86. The third-order valence-corrected chi connectivity index (χ3v) is 2.85. The second kappa shape index (κ2) is 4.19. The van der Waals surface area contributed by atoms with Crippen molar-refractivity contribution < 1.29 is 8.42 Å². The van der Waals surface area contributed by atoms with E-state index in [-0.39, 0.29) is 0 Å². The number of hydrogen-bond donors (Lipinski definition) is 0. The highest BCUT2D eigenvalue weighted by atomic mass is 32.2. The van der Waals surface area contributed by atoms with E-state index in [9.17, 15) is 8.42 Å². The van der Waals surface area contributed by atoms with Gasteiger partial charge in [0.25, 0.3) is 0 Å². The van der Waals surface area contributed by atoms with E-state index < -0.39 is 9.84 Å². The molecule has 0 atom stereocenters. The smallest absolute Gasteiger partial charge is 0.168 e. The number of rotatable bonds is 2. The van der Waals surface area contributed by atoms with Gasteiger partial charge in [-0.15, -0.1) is 0 Å². The fourth-order valence-corrected chi connectivity index (χ4v) is 2.03. The summed E-state index contributed by atoms with van der Waals surface area (Å²) < 4.78 is 22.0. The molecule has 0 aliphatic carbocycles. The van der Waals surface area contributed by atoms with Crippen LogP contribution in [-0.2, 0) is 9.84 Å². The van der Waals surface area contributed by atoms with Crippen molar-refractivity contribution in [1.29, 1.82) is 0 Å². The zero-order valence-electron chi connectivity index (χ0n) is 9.53. The summed E-state index contributed by atoms with van der Waals surface area (Å²) in [5.41, 5.74) is 4.40. The van der Waals surface area contributed by atoms with Gasteiger partial charge in [0.1, 0.15) is 0 Å². The predicted molar refractivity (Wildman–Crippen MR) is 64.5 cm³/mol. The largest absolute Gasteiger partial charge is 0.225 e. The lowest BCUT2D eigenvalue weighted by molar-refractivity contribution is 0.610. The van der Waals surface area contributed by atoms with Crippen LogP contribution in [0.25, 0.3) is 6.08 Å². The molecular formula is C12H16O2S. The van der Waals surface area contributed by atoms with Gasteiger partial charge in [0, 0.05) is 11.7 Å². The lowest BCUT2D eigenvalue weighted by Gasteiger charge is -2.06. The molecule has 1 rings (SSSR count). The van der Waals surface area contributed by atoms with Gasteiger partial charge in [0.2, 0.25) is 0 Å². The summed E-state index contributed by atoms with van der Waals surface area (Å²) in [6, 6.07) is 4.10. The highest BCUT2D eigenvalue weighted by Crippen LogP contribution is 2.18. The maximum atomic E-state index is 11.0. The van der Waals surface area contributed by atoms with E-state index in [0.29, 0.717) is 0 Å². The highest BCUT2D eigenvalue weighted by molar-refractivity contribution is 7.93. The first-order valence-electron chi connectivity index (χ1n) is 4.75. The van der Waals surface area contributed by atoms with Crippen LogP contribution in [-0.4, -0.2) is 14.7 Å². The van der Waals surface area contributed by atoms with Crippen LogP contribution in [0.15, 0.2) is 17.5 Å². The molecule has 0 amide bonds. The molecule has 2 nitrogen and oxygen atoms in total. The zero-order valence-corrected chi connectivity index (χ0v) is 10.4. The number of aryl methyl sites for hydroxylation is 3. The SMILES string of the molecule is Cc1cc(C)c(/C=C/S(C)(=O)=O)c(C)c1. The van der Waals surface area contributed by atoms with Gasteiger partial charge in [0.15, 0.2) is 9.84 Å². The van der Waals surface area contributed by atoms with Gasteiger partial charge in [-0.3, -0.25) is 0 Å². The molecule has 0 bridgehead atoms. The van der Waals surface area contributed by atoms with Gasteiger partial charge in [-0.25, -0.2) is 8.42 Å². The van der Waals surface area contributed by atoms with E-state index in [4.69, 9.17) is 0 Å². The summed E-state index contributed by atoms with van der Waals surface area (Å²) in [5, 5.41) is 1.25. The number of benzene rings is 1. The molecule has 1 aromatic rings. The van der Waals surface area contributed by atoms with Gasteiger partial charge in [-0.2, -0.15) is 0 Å². The molecule has 3 heteroatoms. The minimum Gasteiger partial charge on any atom is -0.225 e. The molecule has 0 aliphatic rings. The third-order valence-electron chi connectivity index (χ3n) is 2.22. The van der Waals surface area contributed by atoms with Crippen molar-refractivity contribution in [3.63, 3.8) is 0 Å². The fourth-order valence-electron chi connectivity index (χ4n) is 1.65. The second-order valence-corrected chi connectivity index (χ2v) is 5.88. The normalized spacial score (nSPS) is 12.3. The Morgan fingerprint density at radius 3 is 1.93 bits per heavy atom. The Morgan fingerprint density at radius 1 is 1.07 bits per heavy atom. The van der Waals surface area contributed by atoms with E-state index in [1.165, 1.54) is 17.2 Å². The molecule has 0 saturated heterocycles. The maximum Gasteiger partial charge on any atom is 0.168 e. The Bertz CT molecular complexity index is 473. The van der Waals surface area contributed by atoms with E-state index >= 15 is 0 Å². The molecule has 82 valence electrons. The van der Waals surface area contributed by atoms with Crippen molar-refractivity contribution in [1.82, 2.24) is 0 Å². The standard InChI is InChI=1S/C12H16O2S/c1-9-7-10(2)12(11(3)8-9)5-6-15(4,13)14/h5-8H,1-4H3/b6-5+. The molecule has 0 unspecified atom stereocenters. The first kappa shape index (κ1) is 12.0. The summed E-state index contributed by atoms with van der Waals surface area (Å²) in [4.78, 5) is 0. The minimum atomic E-state index is -3.05. The van der Waals surface area contributed by atoms with Crippen LogP contribution in [0, 0.1) is 20.8 Å². The maximum absolute atomic E-state index is 11.0. The summed E-state index contributed by atoms with van der Waals surface area (Å²) in [5.74, 6) is 0. The van der Waals surface area contributed by atoms with Gasteiger partial charge >= 0.3 is 0 Å². The van der Waals surface area contributed by atoms with Gasteiger partial charge in [0.05, 0.1) is 0 Å². The van der Waals surface area contributed by atoms with Crippen LogP contribution in [0.2, 0.25) is 0 Å². The van der Waals surface area contributed by atoms with Crippen LogP contribution in [0.1, 0.15) is 22.3 Å². The molecule has 0 aliphatic heterocycles. The Balaban J connectivity index is 3.22. The predicted octanol–water partition coefficient (Wildman–Crippen LogP) is 2.63. The molecule has 0 heterocycles. The van der Waals surface area contributed by atoms with Crippen molar-refractivity contribution in [2.45, 2.75) is 20.8 Å². The average molecular weight is 224 g/mol. The Hall–Kier alpha value is -1.09. The Kier molecular flexibility index (Phi) is 3.35. The van der Waals surface area contributed by atoms with E-state index in [2.05, 4.69) is 12.1 Å². The van der Waals surface area contributed by atoms with Gasteiger partial charge in [-0.05, 0) is 43.5 Å². The van der Waals surface area contributed by atoms with Gasteiger partial charge in [-0.1, -0.05) is 17.7 Å². The molecular weight excluding hydrogens is 208 g/mol. The minimum absolute atomic E-state index is 0.992. The lowest BCUT2D eigenvalue weighted by Crippen LogP contribution is -1.91. The summed E-state index contributed by atoms with van der Waals surface area (Å²) >= 11 is 0. The van der Waals surface area contributed by atoms with E-state index in [1.807, 2.05) is 20.8 Å². The molecule has 0 N–H and O–H groups in total. The molecule has 0 spiro atoms. The van der Waals surface area contributed by atoms with Gasteiger partial charge < -0.3 is 0 Å². The molecule has 15 heavy (non-hydrogen) atoms. The lowest BCUT2D eigenvalue weighted by atomic mass is 10.0. The van der Waals surface area contributed by atoms with E-state index in [0.717, 1.165) is 16.7 Å². The van der Waals surface area contributed by atoms with Crippen molar-refractivity contribution in [3.05, 3.63) is 39.8 Å². The van der Waals surface area contributed by atoms with E-state index in [1.54, 1.807) is 6.08 Å². The molecule has 0 saturated carbocycles. The molecule has 0 fully saturated rings. The Morgan fingerprint density at radius 2 is 1.53 bits per heavy atom. The van der Waals surface area contributed by atoms with Crippen molar-refractivity contribution >= 4 is 15.9 Å². The van der Waals surface area contributed by atoms with Crippen LogP contribution in [0.5, 0.6) is 0 Å². The molecule has 0 aromatic heterocycles. The zero-order chi connectivity index (χ0) is 11.6. The van der Waals surface area contributed by atoms with Crippen LogP contribution < -0.4 is 0 Å². The number of sulfone groups is 1. The summed E-state index contributed by atoms with van der Waals surface area (Å²) in [7, 11) is -3.05. The quantitative estimate of drug-likeness (QED) is 0.774. The number of hydrogen-bond acceptors (Lipinski definition) is 2. The first-order valence-corrected chi connectivity index (χ1v) is 6.71. The topological polar surface area (TPSA) is 34.1 Å². The van der Waals surface area contributed by atoms with Crippen molar-refractivity contribution in [2.75, 3.05) is 6.26 Å². The third kappa shape index (κ3) is 3.51. The second-order valence-electron chi connectivity index (χ2n) is 3.94. The average Bonchev–Trinajstić information content (AvgIpc) is 1.99. The monoisotopic (exact) mass is 224 g/mol. The van der Waals surface area contributed by atoms with Crippen LogP contribution in [0.3, 0.4) is 0 Å². The Labute approximate surface area is 91.6 Å². The van der Waals surface area contributed by atoms with Crippen LogP contribution >= 0.6 is 0 Å². The molecule has 1 aromatic carbocycles. The van der Waals surface area contributed by atoms with Crippen molar-refractivity contribution in [2.24, 2.45) is 0 Å². The fraction of sp³-hybridized carbons (Fsp3) is 0.333. The molecule has 0 radical (unpaired) electrons. The van der Waals surface area contributed by atoms with Crippen LogP contribution in [0.4, 0.5) is 0 Å². The van der Waals surface area contributed by atoms with Crippen molar-refractivity contribution in [3.8, 4) is 0 Å². The summed E-state index contributed by atoms with van der Waals surface area (Å²) in [6.45, 7) is 6.01. The first-order chi connectivity index (χ1) is 6.79. The highest BCUT2D eigenvalue weighted by Gasteiger charge is 2.01.